The number of halogens is 1. The summed E-state index contributed by atoms with van der Waals surface area (Å²) in [6, 6.07) is 3.47. The van der Waals surface area contributed by atoms with Crippen LogP contribution in [0.4, 0.5) is 0 Å². The van der Waals surface area contributed by atoms with Gasteiger partial charge in [0.25, 0.3) is 0 Å². The molecule has 1 heterocycles. The maximum Gasteiger partial charge on any atom is 0.222 e. The number of hydrogen-bond donors (Lipinski definition) is 1. The van der Waals surface area contributed by atoms with Crippen molar-refractivity contribution in [2.45, 2.75) is 31.3 Å². The van der Waals surface area contributed by atoms with Gasteiger partial charge in [-0.3, -0.25) is 4.79 Å². The number of rotatable bonds is 3. The third-order valence-electron chi connectivity index (χ3n) is 3.97. The highest BCUT2D eigenvalue weighted by Crippen LogP contribution is 2.39. The van der Waals surface area contributed by atoms with Crippen molar-refractivity contribution in [3.63, 3.8) is 0 Å². The lowest BCUT2D eigenvalue weighted by atomic mass is 9.96. The van der Waals surface area contributed by atoms with E-state index in [1.807, 2.05) is 12.1 Å². The summed E-state index contributed by atoms with van der Waals surface area (Å²) in [5.41, 5.74) is 7.25. The molecule has 5 nitrogen and oxygen atoms in total. The summed E-state index contributed by atoms with van der Waals surface area (Å²) in [6.45, 7) is 0. The van der Waals surface area contributed by atoms with Gasteiger partial charge in [0.05, 0.1) is 20.3 Å². The lowest BCUT2D eigenvalue weighted by Crippen LogP contribution is -2.40. The molecule has 1 aromatic rings. The van der Waals surface area contributed by atoms with E-state index in [9.17, 15) is 4.79 Å². The Balaban J connectivity index is 2.49. The summed E-state index contributed by atoms with van der Waals surface area (Å²) in [5.74, 6) is 1.40. The predicted octanol–water partition coefficient (Wildman–Crippen LogP) is 2.48. The monoisotopic (exact) mass is 356 g/mol. The Morgan fingerprint density at radius 2 is 1.90 bits per heavy atom. The molecule has 0 aromatic heterocycles. The van der Waals surface area contributed by atoms with E-state index in [-0.39, 0.29) is 18.0 Å². The van der Waals surface area contributed by atoms with Crippen LogP contribution < -0.4 is 15.2 Å². The standard InChI is InChI=1S/C15H21BrN2O3/c1-18-14(19)6-4-5-11(17)15(18)9-7-12(20-2)13(21-3)8-10(9)16/h7-8,11,15H,4-6,17H2,1-3H3. The molecule has 1 aliphatic heterocycles. The Morgan fingerprint density at radius 1 is 1.29 bits per heavy atom. The highest BCUT2D eigenvalue weighted by atomic mass is 79.9. The molecule has 2 atom stereocenters. The molecule has 0 spiro atoms. The quantitative estimate of drug-likeness (QED) is 0.903. The van der Waals surface area contributed by atoms with Crippen LogP contribution in [0.25, 0.3) is 0 Å². The minimum absolute atomic E-state index is 0.101. The second-order valence-corrected chi connectivity index (χ2v) is 6.09. The number of carbonyl (C=O) groups excluding carboxylic acids is 1. The van der Waals surface area contributed by atoms with Crippen LogP contribution in [0.3, 0.4) is 0 Å². The summed E-state index contributed by atoms with van der Waals surface area (Å²) in [5, 5.41) is 0. The Labute approximate surface area is 133 Å². The second-order valence-electron chi connectivity index (χ2n) is 5.23. The normalized spacial score (nSPS) is 22.9. The van der Waals surface area contributed by atoms with E-state index in [4.69, 9.17) is 15.2 Å². The topological polar surface area (TPSA) is 64.8 Å². The van der Waals surface area contributed by atoms with Crippen LogP contribution in [0, 0.1) is 0 Å². The van der Waals surface area contributed by atoms with Crippen LogP contribution in [0.5, 0.6) is 11.5 Å². The fourth-order valence-corrected chi connectivity index (χ4v) is 3.36. The number of amides is 1. The summed E-state index contributed by atoms with van der Waals surface area (Å²) in [4.78, 5) is 13.9. The maximum absolute atomic E-state index is 12.1. The number of nitrogens with zero attached hydrogens (tertiary/aromatic N) is 1. The smallest absolute Gasteiger partial charge is 0.222 e. The van der Waals surface area contributed by atoms with E-state index < -0.39 is 0 Å². The van der Waals surface area contributed by atoms with E-state index >= 15 is 0 Å². The van der Waals surface area contributed by atoms with Crippen LogP contribution in [0.1, 0.15) is 30.9 Å². The zero-order chi connectivity index (χ0) is 15.6. The van der Waals surface area contributed by atoms with Gasteiger partial charge in [-0.1, -0.05) is 15.9 Å². The van der Waals surface area contributed by atoms with Gasteiger partial charge in [0, 0.05) is 24.0 Å². The molecule has 1 aromatic carbocycles. The van der Waals surface area contributed by atoms with Crippen LogP contribution in [-0.4, -0.2) is 38.1 Å². The molecule has 1 fully saturated rings. The first-order valence-electron chi connectivity index (χ1n) is 6.92. The summed E-state index contributed by atoms with van der Waals surface area (Å²) >= 11 is 3.56. The van der Waals surface area contributed by atoms with Gasteiger partial charge in [-0.25, -0.2) is 0 Å². The third kappa shape index (κ3) is 3.16. The van der Waals surface area contributed by atoms with Gasteiger partial charge in [0.15, 0.2) is 11.5 Å². The molecule has 1 saturated heterocycles. The Morgan fingerprint density at radius 3 is 2.52 bits per heavy atom. The molecule has 6 heteroatoms. The third-order valence-corrected chi connectivity index (χ3v) is 4.65. The average Bonchev–Trinajstić information content (AvgIpc) is 2.59. The summed E-state index contributed by atoms with van der Waals surface area (Å²) in [7, 11) is 5.00. The highest BCUT2D eigenvalue weighted by Gasteiger charge is 2.32. The van der Waals surface area contributed by atoms with Gasteiger partial charge >= 0.3 is 0 Å². The lowest BCUT2D eigenvalue weighted by molar-refractivity contribution is -0.131. The van der Waals surface area contributed by atoms with Crippen molar-refractivity contribution < 1.29 is 14.3 Å². The number of carbonyl (C=O) groups is 1. The minimum Gasteiger partial charge on any atom is -0.493 e. The fraction of sp³-hybridized carbons (Fsp3) is 0.533. The Bertz CT molecular complexity index is 536. The first-order chi connectivity index (χ1) is 9.99. The molecule has 2 N–H and O–H groups in total. The highest BCUT2D eigenvalue weighted by molar-refractivity contribution is 9.10. The van der Waals surface area contributed by atoms with Crippen molar-refractivity contribution in [3.8, 4) is 11.5 Å². The number of hydrogen-bond acceptors (Lipinski definition) is 4. The van der Waals surface area contributed by atoms with Crippen LogP contribution in [0.2, 0.25) is 0 Å². The number of methoxy groups -OCH3 is 2. The number of nitrogens with two attached hydrogens (primary N) is 1. The molecule has 1 aliphatic rings. The summed E-state index contributed by atoms with van der Waals surface area (Å²) < 4.78 is 11.5. The van der Waals surface area contributed by atoms with E-state index in [1.54, 1.807) is 26.2 Å². The van der Waals surface area contributed by atoms with Gasteiger partial charge in [0.2, 0.25) is 5.91 Å². The minimum atomic E-state index is -0.172. The van der Waals surface area contributed by atoms with Gasteiger partial charge in [-0.2, -0.15) is 0 Å². The van der Waals surface area contributed by atoms with Crippen molar-refractivity contribution in [1.29, 1.82) is 0 Å². The number of benzene rings is 1. The summed E-state index contributed by atoms with van der Waals surface area (Å²) in [6.07, 6.45) is 2.19. The molecule has 0 radical (unpaired) electrons. The molecule has 2 rings (SSSR count). The number of likely N-dealkylation sites (tertiary alicyclic amines) is 1. The zero-order valence-electron chi connectivity index (χ0n) is 12.6. The zero-order valence-corrected chi connectivity index (χ0v) is 14.1. The number of likely N-dealkylation sites (N-methyl/N-ethyl adjacent to an activating group) is 1. The van der Waals surface area contributed by atoms with Crippen LogP contribution in [-0.2, 0) is 4.79 Å². The molecule has 1 amide bonds. The van der Waals surface area contributed by atoms with Gasteiger partial charge in [0.1, 0.15) is 0 Å². The molecular formula is C15H21BrN2O3. The largest absolute Gasteiger partial charge is 0.493 e. The molecule has 21 heavy (non-hydrogen) atoms. The molecule has 116 valence electrons. The van der Waals surface area contributed by atoms with Crippen molar-refractivity contribution in [3.05, 3.63) is 22.2 Å². The van der Waals surface area contributed by atoms with Crippen LogP contribution >= 0.6 is 15.9 Å². The van der Waals surface area contributed by atoms with E-state index in [0.717, 1.165) is 22.9 Å². The van der Waals surface area contributed by atoms with Gasteiger partial charge < -0.3 is 20.1 Å². The first-order valence-corrected chi connectivity index (χ1v) is 7.71. The van der Waals surface area contributed by atoms with Crippen molar-refractivity contribution in [2.24, 2.45) is 5.73 Å². The predicted molar refractivity (Wildman–Crippen MR) is 84.6 cm³/mol. The van der Waals surface area contributed by atoms with Gasteiger partial charge in [-0.15, -0.1) is 0 Å². The first kappa shape index (κ1) is 16.1. The Kier molecular flexibility index (Phi) is 5.11. The van der Waals surface area contributed by atoms with Crippen LogP contribution in [0.15, 0.2) is 16.6 Å². The molecule has 0 saturated carbocycles. The van der Waals surface area contributed by atoms with Crippen molar-refractivity contribution in [1.82, 2.24) is 4.90 Å². The Hall–Kier alpha value is -1.27. The van der Waals surface area contributed by atoms with E-state index in [1.165, 1.54) is 0 Å². The second kappa shape index (κ2) is 6.66. The van der Waals surface area contributed by atoms with Crippen molar-refractivity contribution in [2.75, 3.05) is 21.3 Å². The SMILES string of the molecule is COc1cc(Br)c(C2C(N)CCCC(=O)N2C)cc1OC. The van der Waals surface area contributed by atoms with E-state index in [2.05, 4.69) is 15.9 Å². The molecular weight excluding hydrogens is 336 g/mol. The van der Waals surface area contributed by atoms with Gasteiger partial charge in [-0.05, 0) is 30.5 Å². The number of ether oxygens (including phenoxy) is 2. The molecule has 2 unspecified atom stereocenters. The molecule has 0 bridgehead atoms. The van der Waals surface area contributed by atoms with Crippen molar-refractivity contribution >= 4 is 21.8 Å². The van der Waals surface area contributed by atoms with E-state index in [0.29, 0.717) is 17.9 Å². The maximum atomic E-state index is 12.1. The fourth-order valence-electron chi connectivity index (χ4n) is 2.80. The lowest BCUT2D eigenvalue weighted by Gasteiger charge is -2.32. The average molecular weight is 357 g/mol. The molecule has 0 aliphatic carbocycles.